The monoisotopic (exact) mass is 274 g/mol. The minimum atomic E-state index is 0.543. The van der Waals surface area contributed by atoms with E-state index < -0.39 is 0 Å². The number of benzene rings is 2. The zero-order chi connectivity index (χ0) is 14.2. The molecule has 0 saturated carbocycles. The highest BCUT2D eigenvalue weighted by molar-refractivity contribution is 5.82. The zero-order valence-corrected chi connectivity index (χ0v) is 12.2. The van der Waals surface area contributed by atoms with E-state index in [1.54, 1.807) is 0 Å². The largest absolute Gasteiger partial charge is 0.364 e. The lowest BCUT2D eigenvalue weighted by atomic mass is 10.1. The van der Waals surface area contributed by atoms with Gasteiger partial charge in [-0.05, 0) is 36.6 Å². The molecule has 0 amide bonds. The van der Waals surface area contributed by atoms with Gasteiger partial charge in [0.2, 0.25) is 0 Å². The average Bonchev–Trinajstić information content (AvgIpc) is 2.84. The minimum Gasteiger partial charge on any atom is -0.364 e. The number of aromatic nitrogens is 1. The maximum Gasteiger partial charge on any atom is 0.0751 e. The predicted octanol–water partition coefficient (Wildman–Crippen LogP) is 4.19. The van der Waals surface area contributed by atoms with E-state index in [9.17, 15) is 0 Å². The van der Waals surface area contributed by atoms with Crippen LogP contribution in [0.5, 0.6) is 0 Å². The Morgan fingerprint density at radius 1 is 1.05 bits per heavy atom. The van der Waals surface area contributed by atoms with E-state index in [0.29, 0.717) is 6.04 Å². The third kappa shape index (κ3) is 2.07. The molecule has 0 unspecified atom stereocenters. The number of hydrogen-bond acceptors (Lipinski definition) is 2. The summed E-state index contributed by atoms with van der Waals surface area (Å²) < 4.78 is 0. The standard InChI is InChI=1S/C19H18N2/c1-14-12-16-6-2-3-10-18(16)21(14)13-17-8-4-7-15-9-5-11-20-19(15)17/h2-11,14H,12-13H2,1H3/t14-/m1/s1. The van der Waals surface area contributed by atoms with Crippen molar-refractivity contribution in [2.75, 3.05) is 4.90 Å². The predicted molar refractivity (Wildman–Crippen MR) is 87.5 cm³/mol. The average molecular weight is 274 g/mol. The van der Waals surface area contributed by atoms with Crippen LogP contribution in [0.25, 0.3) is 10.9 Å². The normalized spacial score (nSPS) is 17.2. The maximum atomic E-state index is 4.58. The maximum absolute atomic E-state index is 4.58. The van der Waals surface area contributed by atoms with Gasteiger partial charge in [-0.25, -0.2) is 0 Å². The molecule has 2 heteroatoms. The van der Waals surface area contributed by atoms with Crippen LogP contribution in [0, 0.1) is 0 Å². The summed E-state index contributed by atoms with van der Waals surface area (Å²) in [7, 11) is 0. The third-order valence-electron chi connectivity index (χ3n) is 4.41. The molecule has 0 bridgehead atoms. The van der Waals surface area contributed by atoms with Gasteiger partial charge < -0.3 is 4.90 Å². The van der Waals surface area contributed by atoms with Crippen molar-refractivity contribution in [3.8, 4) is 0 Å². The van der Waals surface area contributed by atoms with Gasteiger partial charge in [0, 0.05) is 29.9 Å². The SMILES string of the molecule is C[C@@H]1Cc2ccccc2N1Cc1cccc2cccnc12. The van der Waals surface area contributed by atoms with Crippen LogP contribution >= 0.6 is 0 Å². The lowest BCUT2D eigenvalue weighted by Crippen LogP contribution is -2.28. The lowest BCUT2D eigenvalue weighted by molar-refractivity contribution is 0.673. The van der Waals surface area contributed by atoms with Gasteiger partial charge in [-0.1, -0.05) is 42.5 Å². The molecule has 1 atom stereocenters. The first-order valence-corrected chi connectivity index (χ1v) is 7.50. The van der Waals surface area contributed by atoms with Gasteiger partial charge in [0.15, 0.2) is 0 Å². The molecule has 2 heterocycles. The lowest BCUT2D eigenvalue weighted by Gasteiger charge is -2.25. The van der Waals surface area contributed by atoms with Gasteiger partial charge in [-0.15, -0.1) is 0 Å². The Balaban J connectivity index is 1.75. The number of anilines is 1. The molecular weight excluding hydrogens is 256 g/mol. The van der Waals surface area contributed by atoms with E-state index >= 15 is 0 Å². The summed E-state index contributed by atoms with van der Waals surface area (Å²) in [5.74, 6) is 0. The fourth-order valence-corrected chi connectivity index (χ4v) is 3.35. The summed E-state index contributed by atoms with van der Waals surface area (Å²) in [6, 6.07) is 19.9. The fourth-order valence-electron chi connectivity index (χ4n) is 3.35. The van der Waals surface area contributed by atoms with Crippen molar-refractivity contribution in [3.63, 3.8) is 0 Å². The Hall–Kier alpha value is -2.35. The van der Waals surface area contributed by atoms with Crippen molar-refractivity contribution in [2.45, 2.75) is 25.9 Å². The van der Waals surface area contributed by atoms with Crippen LogP contribution in [0.2, 0.25) is 0 Å². The molecule has 0 spiro atoms. The van der Waals surface area contributed by atoms with Gasteiger partial charge in [0.25, 0.3) is 0 Å². The highest BCUT2D eigenvalue weighted by Gasteiger charge is 2.25. The van der Waals surface area contributed by atoms with Crippen molar-refractivity contribution < 1.29 is 0 Å². The molecule has 21 heavy (non-hydrogen) atoms. The molecule has 1 aliphatic heterocycles. The van der Waals surface area contributed by atoms with Crippen molar-refractivity contribution in [1.82, 2.24) is 4.98 Å². The van der Waals surface area contributed by atoms with Crippen LogP contribution in [0.4, 0.5) is 5.69 Å². The van der Waals surface area contributed by atoms with Gasteiger partial charge in [-0.2, -0.15) is 0 Å². The third-order valence-corrected chi connectivity index (χ3v) is 4.41. The van der Waals surface area contributed by atoms with E-state index in [-0.39, 0.29) is 0 Å². The fraction of sp³-hybridized carbons (Fsp3) is 0.211. The van der Waals surface area contributed by atoms with Crippen LogP contribution in [0.3, 0.4) is 0 Å². The molecule has 104 valence electrons. The van der Waals surface area contributed by atoms with E-state index in [2.05, 4.69) is 65.3 Å². The summed E-state index contributed by atoms with van der Waals surface area (Å²) in [5, 5.41) is 1.22. The summed E-state index contributed by atoms with van der Waals surface area (Å²) in [4.78, 5) is 7.08. The molecule has 2 aromatic carbocycles. The Labute approximate surface area is 125 Å². The quantitative estimate of drug-likeness (QED) is 0.696. The number of hydrogen-bond donors (Lipinski definition) is 0. The van der Waals surface area contributed by atoms with Crippen LogP contribution in [-0.2, 0) is 13.0 Å². The highest BCUT2D eigenvalue weighted by Crippen LogP contribution is 2.33. The van der Waals surface area contributed by atoms with E-state index in [0.717, 1.165) is 18.5 Å². The summed E-state index contributed by atoms with van der Waals surface area (Å²) >= 11 is 0. The van der Waals surface area contributed by atoms with Gasteiger partial charge in [-0.3, -0.25) is 4.98 Å². The van der Waals surface area contributed by atoms with Crippen LogP contribution in [0.1, 0.15) is 18.1 Å². The number of rotatable bonds is 2. The second-order valence-corrected chi connectivity index (χ2v) is 5.80. The topological polar surface area (TPSA) is 16.1 Å². The number of pyridine rings is 1. The second kappa shape index (κ2) is 4.88. The van der Waals surface area contributed by atoms with Crippen molar-refractivity contribution in [2.24, 2.45) is 0 Å². The number of para-hydroxylation sites is 2. The van der Waals surface area contributed by atoms with Crippen LogP contribution in [0.15, 0.2) is 60.8 Å². The molecule has 3 aromatic rings. The molecular formula is C19H18N2. The molecule has 1 aliphatic rings. The molecule has 0 aliphatic carbocycles. The Morgan fingerprint density at radius 3 is 2.86 bits per heavy atom. The van der Waals surface area contributed by atoms with Gasteiger partial charge in [0.1, 0.15) is 0 Å². The Morgan fingerprint density at radius 2 is 1.90 bits per heavy atom. The van der Waals surface area contributed by atoms with Gasteiger partial charge in [0.05, 0.1) is 5.52 Å². The second-order valence-electron chi connectivity index (χ2n) is 5.80. The molecule has 0 N–H and O–H groups in total. The molecule has 4 rings (SSSR count). The van der Waals surface area contributed by atoms with E-state index in [1.807, 2.05) is 12.3 Å². The minimum absolute atomic E-state index is 0.543. The number of fused-ring (bicyclic) bond motifs is 2. The van der Waals surface area contributed by atoms with Crippen molar-refractivity contribution >= 4 is 16.6 Å². The molecule has 0 fully saturated rings. The summed E-state index contributed by atoms with van der Waals surface area (Å²) in [6.07, 6.45) is 3.02. The van der Waals surface area contributed by atoms with Crippen molar-refractivity contribution in [3.05, 3.63) is 71.9 Å². The molecule has 2 nitrogen and oxygen atoms in total. The van der Waals surface area contributed by atoms with Crippen LogP contribution < -0.4 is 4.90 Å². The smallest absolute Gasteiger partial charge is 0.0751 e. The van der Waals surface area contributed by atoms with Crippen LogP contribution in [-0.4, -0.2) is 11.0 Å². The Bertz CT molecular complexity index is 789. The van der Waals surface area contributed by atoms with Crippen molar-refractivity contribution in [1.29, 1.82) is 0 Å². The molecule has 1 aromatic heterocycles. The molecule has 0 radical (unpaired) electrons. The van der Waals surface area contributed by atoms with E-state index in [4.69, 9.17) is 0 Å². The summed E-state index contributed by atoms with van der Waals surface area (Å²) in [5.41, 5.74) is 5.25. The highest BCUT2D eigenvalue weighted by atomic mass is 15.2. The first-order valence-electron chi connectivity index (χ1n) is 7.50. The number of nitrogens with zero attached hydrogens (tertiary/aromatic N) is 2. The first-order chi connectivity index (χ1) is 10.3. The van der Waals surface area contributed by atoms with E-state index in [1.165, 1.54) is 22.2 Å². The summed E-state index contributed by atoms with van der Waals surface area (Å²) in [6.45, 7) is 3.23. The Kier molecular flexibility index (Phi) is 2.88. The molecule has 0 saturated heterocycles. The first kappa shape index (κ1) is 12.4. The zero-order valence-electron chi connectivity index (χ0n) is 12.2. The van der Waals surface area contributed by atoms with Gasteiger partial charge >= 0.3 is 0 Å².